The van der Waals surface area contributed by atoms with E-state index in [1.54, 1.807) is 24.3 Å². The molecule has 0 fully saturated rings. The first-order valence-electron chi connectivity index (χ1n) is 5.95. The fraction of sp³-hybridized carbons (Fsp3) is 0.286. The van der Waals surface area contributed by atoms with E-state index < -0.39 is 17.5 Å². The third-order valence-corrected chi connectivity index (χ3v) is 2.92. The number of fused-ring (bicyclic) bond motifs is 1. The molecule has 0 aliphatic rings. The molecule has 0 radical (unpaired) electrons. The predicted molar refractivity (Wildman–Crippen MR) is 67.3 cm³/mol. The van der Waals surface area contributed by atoms with Crippen molar-refractivity contribution in [2.45, 2.75) is 26.2 Å². The number of benzene rings is 1. The van der Waals surface area contributed by atoms with Crippen LogP contribution in [0.5, 0.6) is 0 Å². The number of carboxylic acids is 1. The molecule has 0 aliphatic heterocycles. The Hall–Kier alpha value is -1.97. The van der Waals surface area contributed by atoms with Crippen LogP contribution in [0.1, 0.15) is 35.8 Å². The average molecular weight is 247 g/mol. The predicted octanol–water partition coefficient (Wildman–Crippen LogP) is 3.41. The molecule has 4 heteroatoms. The van der Waals surface area contributed by atoms with Crippen LogP contribution in [0.25, 0.3) is 10.9 Å². The number of unbranched alkanes of at least 4 members (excludes halogenated alkanes) is 1. The van der Waals surface area contributed by atoms with E-state index in [0.717, 1.165) is 12.8 Å². The van der Waals surface area contributed by atoms with Crippen LogP contribution in [0.2, 0.25) is 0 Å². The van der Waals surface area contributed by atoms with Crippen LogP contribution in [0.15, 0.2) is 24.3 Å². The Bertz CT molecular complexity index is 596. The number of rotatable bonds is 4. The molecule has 0 unspecified atom stereocenters. The molecule has 0 saturated carbocycles. The van der Waals surface area contributed by atoms with E-state index in [2.05, 4.69) is 4.98 Å². The highest BCUT2D eigenvalue weighted by atomic mass is 19.1. The summed E-state index contributed by atoms with van der Waals surface area (Å²) in [6.07, 6.45) is 2.29. The number of aromatic carboxylic acids is 1. The van der Waals surface area contributed by atoms with Crippen molar-refractivity contribution in [3.05, 3.63) is 41.3 Å². The molecule has 0 spiro atoms. The molecule has 3 nitrogen and oxygen atoms in total. The monoisotopic (exact) mass is 247 g/mol. The van der Waals surface area contributed by atoms with E-state index in [9.17, 15) is 9.18 Å². The molecule has 0 amide bonds. The number of halogens is 1. The fourth-order valence-corrected chi connectivity index (χ4v) is 2.00. The van der Waals surface area contributed by atoms with Gasteiger partial charge in [0.25, 0.3) is 0 Å². The van der Waals surface area contributed by atoms with Crippen LogP contribution < -0.4 is 0 Å². The van der Waals surface area contributed by atoms with E-state index in [1.165, 1.54) is 0 Å². The highest BCUT2D eigenvalue weighted by molar-refractivity contribution is 5.91. The number of carboxylic acid groups (broad SMARTS) is 1. The first kappa shape index (κ1) is 12.5. The normalized spacial score (nSPS) is 10.8. The topological polar surface area (TPSA) is 50.2 Å². The van der Waals surface area contributed by atoms with Gasteiger partial charge in [-0.15, -0.1) is 0 Å². The Kier molecular flexibility index (Phi) is 3.55. The molecular weight excluding hydrogens is 233 g/mol. The van der Waals surface area contributed by atoms with Crippen molar-refractivity contribution >= 4 is 16.9 Å². The Labute approximate surface area is 104 Å². The highest BCUT2D eigenvalue weighted by Gasteiger charge is 2.19. The zero-order chi connectivity index (χ0) is 13.1. The smallest absolute Gasteiger partial charge is 0.357 e. The first-order valence-corrected chi connectivity index (χ1v) is 5.95. The second kappa shape index (κ2) is 5.12. The Morgan fingerprint density at radius 2 is 2.11 bits per heavy atom. The quantitative estimate of drug-likeness (QED) is 0.900. The number of hydrogen-bond donors (Lipinski definition) is 1. The molecule has 0 saturated heterocycles. The van der Waals surface area contributed by atoms with Gasteiger partial charge in [-0.1, -0.05) is 31.5 Å². The summed E-state index contributed by atoms with van der Waals surface area (Å²) in [5, 5.41) is 9.67. The number of pyridine rings is 1. The SMILES string of the molecule is CCCCc1c(F)c(C(=O)O)nc2ccccc12. The largest absolute Gasteiger partial charge is 0.476 e. The Balaban J connectivity index is 2.69. The summed E-state index contributed by atoms with van der Waals surface area (Å²) in [6.45, 7) is 2.01. The highest BCUT2D eigenvalue weighted by Crippen LogP contribution is 2.24. The molecule has 94 valence electrons. The van der Waals surface area contributed by atoms with Gasteiger partial charge < -0.3 is 5.11 Å². The van der Waals surface area contributed by atoms with Crippen molar-refractivity contribution < 1.29 is 14.3 Å². The van der Waals surface area contributed by atoms with Crippen molar-refractivity contribution in [1.82, 2.24) is 4.98 Å². The zero-order valence-electron chi connectivity index (χ0n) is 10.1. The minimum Gasteiger partial charge on any atom is -0.476 e. The van der Waals surface area contributed by atoms with Gasteiger partial charge in [0.2, 0.25) is 0 Å². The second-order valence-electron chi connectivity index (χ2n) is 4.18. The third kappa shape index (κ3) is 2.18. The molecule has 2 rings (SSSR count). The second-order valence-corrected chi connectivity index (χ2v) is 4.18. The lowest BCUT2D eigenvalue weighted by Crippen LogP contribution is -2.08. The van der Waals surface area contributed by atoms with E-state index >= 15 is 0 Å². The summed E-state index contributed by atoms with van der Waals surface area (Å²) >= 11 is 0. The van der Waals surface area contributed by atoms with Gasteiger partial charge in [0, 0.05) is 5.39 Å². The average Bonchev–Trinajstić information content (AvgIpc) is 2.37. The lowest BCUT2D eigenvalue weighted by molar-refractivity contribution is 0.0685. The van der Waals surface area contributed by atoms with E-state index in [0.29, 0.717) is 22.9 Å². The summed E-state index contributed by atoms with van der Waals surface area (Å²) in [6, 6.07) is 7.06. The first-order chi connectivity index (χ1) is 8.65. The van der Waals surface area contributed by atoms with Gasteiger partial charge in [0.1, 0.15) is 0 Å². The number of hydrogen-bond acceptors (Lipinski definition) is 2. The van der Waals surface area contributed by atoms with Crippen molar-refractivity contribution in [2.75, 3.05) is 0 Å². The lowest BCUT2D eigenvalue weighted by Gasteiger charge is -2.09. The van der Waals surface area contributed by atoms with Crippen LogP contribution in [-0.4, -0.2) is 16.1 Å². The number of aryl methyl sites for hydroxylation is 1. The molecule has 0 bridgehead atoms. The van der Waals surface area contributed by atoms with Crippen LogP contribution in [0.3, 0.4) is 0 Å². The number of nitrogens with zero attached hydrogens (tertiary/aromatic N) is 1. The van der Waals surface area contributed by atoms with Gasteiger partial charge in [-0.05, 0) is 24.5 Å². The van der Waals surface area contributed by atoms with E-state index in [1.807, 2.05) is 6.92 Å². The number of carbonyl (C=O) groups is 1. The minimum atomic E-state index is -1.32. The molecule has 1 heterocycles. The van der Waals surface area contributed by atoms with Crippen molar-refractivity contribution in [3.63, 3.8) is 0 Å². The van der Waals surface area contributed by atoms with Crippen molar-refractivity contribution in [2.24, 2.45) is 0 Å². The summed E-state index contributed by atoms with van der Waals surface area (Å²) < 4.78 is 14.1. The summed E-state index contributed by atoms with van der Waals surface area (Å²) in [4.78, 5) is 14.9. The zero-order valence-corrected chi connectivity index (χ0v) is 10.1. The molecular formula is C14H14FNO2. The number of aromatic nitrogens is 1. The maximum Gasteiger partial charge on any atom is 0.357 e. The lowest BCUT2D eigenvalue weighted by atomic mass is 10.0. The molecule has 0 atom stereocenters. The molecule has 2 aromatic rings. The minimum absolute atomic E-state index is 0.458. The van der Waals surface area contributed by atoms with Gasteiger partial charge >= 0.3 is 5.97 Å². The van der Waals surface area contributed by atoms with E-state index in [-0.39, 0.29) is 0 Å². The Morgan fingerprint density at radius 3 is 2.78 bits per heavy atom. The summed E-state index contributed by atoms with van der Waals surface area (Å²) in [5.74, 6) is -2.02. The van der Waals surface area contributed by atoms with Crippen LogP contribution in [-0.2, 0) is 6.42 Å². The Morgan fingerprint density at radius 1 is 1.39 bits per heavy atom. The molecule has 1 aromatic heterocycles. The van der Waals surface area contributed by atoms with Gasteiger partial charge in [-0.3, -0.25) is 0 Å². The van der Waals surface area contributed by atoms with Gasteiger partial charge in [-0.2, -0.15) is 0 Å². The van der Waals surface area contributed by atoms with Crippen LogP contribution in [0, 0.1) is 5.82 Å². The van der Waals surface area contributed by atoms with Crippen molar-refractivity contribution in [1.29, 1.82) is 0 Å². The van der Waals surface area contributed by atoms with E-state index in [4.69, 9.17) is 5.11 Å². The summed E-state index contributed by atoms with van der Waals surface area (Å²) in [7, 11) is 0. The summed E-state index contributed by atoms with van der Waals surface area (Å²) in [5.41, 5.74) is 0.502. The van der Waals surface area contributed by atoms with Gasteiger partial charge in [0.15, 0.2) is 11.5 Å². The molecule has 18 heavy (non-hydrogen) atoms. The maximum atomic E-state index is 14.1. The molecule has 1 aromatic carbocycles. The third-order valence-electron chi connectivity index (χ3n) is 2.92. The van der Waals surface area contributed by atoms with Crippen LogP contribution >= 0.6 is 0 Å². The van der Waals surface area contributed by atoms with Gasteiger partial charge in [-0.25, -0.2) is 14.2 Å². The molecule has 0 aliphatic carbocycles. The standard InChI is InChI=1S/C14H14FNO2/c1-2-3-6-10-9-7-4-5-8-11(9)16-13(12(10)15)14(17)18/h4-5,7-8H,2-3,6H2,1H3,(H,17,18). The fourth-order valence-electron chi connectivity index (χ4n) is 2.00. The van der Waals surface area contributed by atoms with Crippen LogP contribution in [0.4, 0.5) is 4.39 Å². The number of para-hydroxylation sites is 1. The maximum absolute atomic E-state index is 14.1. The van der Waals surface area contributed by atoms with Gasteiger partial charge in [0.05, 0.1) is 5.52 Å². The van der Waals surface area contributed by atoms with Crippen molar-refractivity contribution in [3.8, 4) is 0 Å². The molecule has 1 N–H and O–H groups in total.